The average Bonchev–Trinajstić information content (AvgIpc) is 2.92. The highest BCUT2D eigenvalue weighted by atomic mass is 16.5. The molecule has 1 saturated carbocycles. The molecule has 1 aliphatic carbocycles. The molecule has 1 heterocycles. The van der Waals surface area contributed by atoms with Gasteiger partial charge in [0.05, 0.1) is 12.6 Å². The highest BCUT2D eigenvalue weighted by Gasteiger charge is 2.19. The Morgan fingerprint density at radius 2 is 2.00 bits per heavy atom. The molecule has 0 saturated heterocycles. The molecule has 3 nitrogen and oxygen atoms in total. The summed E-state index contributed by atoms with van der Waals surface area (Å²) in [7, 11) is 1.66. The number of nitrogen functional groups attached to an aromatic ring is 1. The molecule has 1 fully saturated rings. The van der Waals surface area contributed by atoms with E-state index >= 15 is 0 Å². The van der Waals surface area contributed by atoms with Crippen molar-refractivity contribution in [2.45, 2.75) is 31.6 Å². The van der Waals surface area contributed by atoms with Crippen LogP contribution in [0.5, 0.6) is 5.75 Å². The van der Waals surface area contributed by atoms with Crippen LogP contribution in [0.4, 0.5) is 5.69 Å². The van der Waals surface area contributed by atoms with Crippen molar-refractivity contribution in [3.63, 3.8) is 0 Å². The fourth-order valence-corrected chi connectivity index (χ4v) is 2.81. The molecular formula is C15H18N2O. The minimum atomic E-state index is 0.596. The number of fused-ring (bicyclic) bond motifs is 1. The number of aromatic nitrogens is 1. The molecule has 3 rings (SSSR count). The van der Waals surface area contributed by atoms with Gasteiger partial charge >= 0.3 is 0 Å². The highest BCUT2D eigenvalue weighted by Crippen LogP contribution is 2.35. The number of anilines is 1. The van der Waals surface area contributed by atoms with Gasteiger partial charge in [0.25, 0.3) is 0 Å². The summed E-state index contributed by atoms with van der Waals surface area (Å²) in [6, 6.07) is 7.92. The summed E-state index contributed by atoms with van der Waals surface area (Å²) < 4.78 is 5.22. The molecule has 1 aromatic carbocycles. The van der Waals surface area contributed by atoms with E-state index in [1.165, 1.54) is 25.7 Å². The van der Waals surface area contributed by atoms with E-state index in [9.17, 15) is 0 Å². The van der Waals surface area contributed by atoms with Crippen LogP contribution in [0.3, 0.4) is 0 Å². The van der Waals surface area contributed by atoms with Crippen LogP contribution in [0.1, 0.15) is 37.3 Å². The molecule has 0 radical (unpaired) electrons. The molecule has 0 spiro atoms. The van der Waals surface area contributed by atoms with Crippen LogP contribution >= 0.6 is 0 Å². The van der Waals surface area contributed by atoms with Gasteiger partial charge in [-0.05, 0) is 37.1 Å². The van der Waals surface area contributed by atoms with E-state index < -0.39 is 0 Å². The lowest BCUT2D eigenvalue weighted by molar-refractivity contribution is 0.415. The number of rotatable bonds is 2. The molecule has 18 heavy (non-hydrogen) atoms. The van der Waals surface area contributed by atoms with Gasteiger partial charge in [0.15, 0.2) is 0 Å². The number of nitrogens with two attached hydrogens (primary N) is 1. The zero-order valence-electron chi connectivity index (χ0n) is 10.6. The van der Waals surface area contributed by atoms with Crippen molar-refractivity contribution in [3.8, 4) is 5.75 Å². The smallest absolute Gasteiger partial charge is 0.119 e. The lowest BCUT2D eigenvalue weighted by Gasteiger charge is -2.12. The standard InChI is InChI=1S/C15H18N2O/c1-18-11-6-7-14-12(8-11)13(16)9-15(17-14)10-4-2-3-5-10/h6-10H,2-5H2,1H3,(H2,16,17). The quantitative estimate of drug-likeness (QED) is 0.877. The van der Waals surface area contributed by atoms with Gasteiger partial charge in [-0.15, -0.1) is 0 Å². The largest absolute Gasteiger partial charge is 0.497 e. The third-order valence-electron chi connectivity index (χ3n) is 3.84. The molecule has 2 aromatic rings. The van der Waals surface area contributed by atoms with Crippen LogP contribution in [0.15, 0.2) is 24.3 Å². The lowest BCUT2D eigenvalue weighted by atomic mass is 10.0. The van der Waals surface area contributed by atoms with Crippen molar-refractivity contribution in [1.29, 1.82) is 0 Å². The van der Waals surface area contributed by atoms with Crippen molar-refractivity contribution in [2.75, 3.05) is 12.8 Å². The van der Waals surface area contributed by atoms with E-state index in [4.69, 9.17) is 15.5 Å². The van der Waals surface area contributed by atoms with E-state index in [1.54, 1.807) is 7.11 Å². The topological polar surface area (TPSA) is 48.1 Å². The van der Waals surface area contributed by atoms with Gasteiger partial charge in [-0.25, -0.2) is 0 Å². The molecule has 0 aliphatic heterocycles. The Morgan fingerprint density at radius 1 is 1.22 bits per heavy atom. The number of nitrogens with zero attached hydrogens (tertiary/aromatic N) is 1. The van der Waals surface area contributed by atoms with Gasteiger partial charge in [-0.2, -0.15) is 0 Å². The Labute approximate surface area is 107 Å². The van der Waals surface area contributed by atoms with E-state index in [0.717, 1.165) is 28.0 Å². The maximum atomic E-state index is 6.15. The third-order valence-corrected chi connectivity index (χ3v) is 3.84. The van der Waals surface area contributed by atoms with Gasteiger partial charge < -0.3 is 10.5 Å². The van der Waals surface area contributed by atoms with Crippen molar-refractivity contribution in [2.24, 2.45) is 0 Å². The first kappa shape index (κ1) is 11.3. The first-order valence-corrected chi connectivity index (χ1v) is 6.52. The van der Waals surface area contributed by atoms with Crippen LogP contribution in [-0.4, -0.2) is 12.1 Å². The minimum Gasteiger partial charge on any atom is -0.497 e. The van der Waals surface area contributed by atoms with Gasteiger partial charge in [-0.3, -0.25) is 4.98 Å². The lowest BCUT2D eigenvalue weighted by Crippen LogP contribution is -2.00. The van der Waals surface area contributed by atoms with Crippen LogP contribution in [0.25, 0.3) is 10.9 Å². The zero-order valence-corrected chi connectivity index (χ0v) is 10.6. The van der Waals surface area contributed by atoms with Crippen LogP contribution < -0.4 is 10.5 Å². The third kappa shape index (κ3) is 1.90. The number of benzene rings is 1. The number of ether oxygens (including phenoxy) is 1. The molecule has 0 bridgehead atoms. The molecule has 0 unspecified atom stereocenters. The maximum Gasteiger partial charge on any atom is 0.119 e. The molecule has 1 aromatic heterocycles. The Hall–Kier alpha value is -1.77. The SMILES string of the molecule is COc1ccc2nc(C3CCCC3)cc(N)c2c1. The fourth-order valence-electron chi connectivity index (χ4n) is 2.81. The summed E-state index contributed by atoms with van der Waals surface area (Å²) >= 11 is 0. The van der Waals surface area contributed by atoms with Crippen LogP contribution in [-0.2, 0) is 0 Å². The summed E-state index contributed by atoms with van der Waals surface area (Å²) in [4.78, 5) is 4.76. The average molecular weight is 242 g/mol. The summed E-state index contributed by atoms with van der Waals surface area (Å²) in [6.45, 7) is 0. The number of hydrogen-bond donors (Lipinski definition) is 1. The van der Waals surface area contributed by atoms with Crippen LogP contribution in [0, 0.1) is 0 Å². The van der Waals surface area contributed by atoms with E-state index in [-0.39, 0.29) is 0 Å². The van der Waals surface area contributed by atoms with Gasteiger partial charge in [-0.1, -0.05) is 12.8 Å². The predicted molar refractivity (Wildman–Crippen MR) is 73.9 cm³/mol. The Morgan fingerprint density at radius 3 is 2.72 bits per heavy atom. The first-order valence-electron chi connectivity index (χ1n) is 6.52. The Kier molecular flexibility index (Phi) is 2.82. The molecule has 2 N–H and O–H groups in total. The normalized spacial score (nSPS) is 16.3. The summed E-state index contributed by atoms with van der Waals surface area (Å²) in [5, 5.41) is 0.982. The van der Waals surface area contributed by atoms with Crippen molar-refractivity contribution in [1.82, 2.24) is 4.98 Å². The molecule has 3 heteroatoms. The van der Waals surface area contributed by atoms with Crippen molar-refractivity contribution >= 4 is 16.6 Å². The number of hydrogen-bond acceptors (Lipinski definition) is 3. The molecule has 0 amide bonds. The maximum absolute atomic E-state index is 6.15. The van der Waals surface area contributed by atoms with Gasteiger partial charge in [0.2, 0.25) is 0 Å². The zero-order chi connectivity index (χ0) is 12.5. The van der Waals surface area contributed by atoms with Crippen molar-refractivity contribution < 1.29 is 4.74 Å². The Bertz CT molecular complexity index is 574. The van der Waals surface area contributed by atoms with Crippen molar-refractivity contribution in [3.05, 3.63) is 30.0 Å². The highest BCUT2D eigenvalue weighted by molar-refractivity contribution is 5.91. The monoisotopic (exact) mass is 242 g/mol. The first-order chi connectivity index (χ1) is 8.78. The summed E-state index contributed by atoms with van der Waals surface area (Å²) in [5.41, 5.74) is 9.08. The second-order valence-electron chi connectivity index (χ2n) is 5.00. The number of pyridine rings is 1. The van der Waals surface area contributed by atoms with Gasteiger partial charge in [0.1, 0.15) is 5.75 Å². The predicted octanol–water partition coefficient (Wildman–Crippen LogP) is 3.48. The van der Waals surface area contributed by atoms with E-state index in [0.29, 0.717) is 5.92 Å². The van der Waals surface area contributed by atoms with E-state index in [2.05, 4.69) is 0 Å². The van der Waals surface area contributed by atoms with Crippen LogP contribution in [0.2, 0.25) is 0 Å². The summed E-state index contributed by atoms with van der Waals surface area (Å²) in [6.07, 6.45) is 5.11. The molecule has 94 valence electrons. The van der Waals surface area contributed by atoms with Gasteiger partial charge in [0, 0.05) is 22.7 Å². The number of methoxy groups -OCH3 is 1. The van der Waals surface area contributed by atoms with E-state index in [1.807, 2.05) is 24.3 Å². The molecule has 1 aliphatic rings. The summed E-state index contributed by atoms with van der Waals surface area (Å²) in [5.74, 6) is 1.42. The fraction of sp³-hybridized carbons (Fsp3) is 0.400. The molecule has 0 atom stereocenters. The Balaban J connectivity index is 2.09. The molecular weight excluding hydrogens is 224 g/mol. The second kappa shape index (κ2) is 4.48. The minimum absolute atomic E-state index is 0.596. The second-order valence-corrected chi connectivity index (χ2v) is 5.00.